The van der Waals surface area contributed by atoms with Crippen LogP contribution >= 0.6 is 0 Å². The Bertz CT molecular complexity index is 533. The molecular weight excluding hydrogens is 252 g/mol. The molecule has 1 aromatic carbocycles. The van der Waals surface area contributed by atoms with E-state index in [0.717, 1.165) is 18.4 Å². The maximum atomic E-state index is 11.3. The number of rotatable bonds is 4. The maximum Gasteiger partial charge on any atom is 0.269 e. The second kappa shape index (κ2) is 4.59. The molecule has 18 heavy (non-hydrogen) atoms. The van der Waals surface area contributed by atoms with Gasteiger partial charge in [0.1, 0.15) is 5.75 Å². The maximum absolute atomic E-state index is 11.3. The van der Waals surface area contributed by atoms with Gasteiger partial charge in [0.15, 0.2) is 0 Å². The lowest BCUT2D eigenvalue weighted by Crippen LogP contribution is -2.11. The van der Waals surface area contributed by atoms with Gasteiger partial charge >= 0.3 is 0 Å². The van der Waals surface area contributed by atoms with Crippen LogP contribution < -0.4 is 0 Å². The Morgan fingerprint density at radius 1 is 1.56 bits per heavy atom. The van der Waals surface area contributed by atoms with E-state index in [1.54, 1.807) is 12.3 Å². The summed E-state index contributed by atoms with van der Waals surface area (Å²) in [6, 6.07) is 6.75. The summed E-state index contributed by atoms with van der Waals surface area (Å²) in [5.41, 5.74) is 0.923. The number of nitro benzene ring substituents is 1. The van der Waals surface area contributed by atoms with Gasteiger partial charge in [0.05, 0.1) is 22.7 Å². The highest BCUT2D eigenvalue weighted by atomic mass is 32.2. The van der Waals surface area contributed by atoms with Gasteiger partial charge in [0.25, 0.3) is 5.69 Å². The molecule has 5 nitrogen and oxygen atoms in total. The van der Waals surface area contributed by atoms with Gasteiger partial charge in [-0.2, -0.15) is 5.26 Å². The Labute approximate surface area is 108 Å². The van der Waals surface area contributed by atoms with E-state index < -0.39 is 21.5 Å². The van der Waals surface area contributed by atoms with Crippen LogP contribution in [0.1, 0.15) is 24.0 Å². The Morgan fingerprint density at radius 2 is 2.22 bits per heavy atom. The van der Waals surface area contributed by atoms with Crippen molar-refractivity contribution in [2.24, 2.45) is 0 Å². The molecule has 2 rings (SSSR count). The third-order valence-corrected chi connectivity index (χ3v) is 3.86. The highest BCUT2D eigenvalue weighted by molar-refractivity contribution is 7.89. The monoisotopic (exact) mass is 264 g/mol. The smallest absolute Gasteiger partial charge is 0.269 e. The quantitative estimate of drug-likeness (QED) is 0.472. The molecule has 1 aliphatic carbocycles. The Balaban J connectivity index is 2.46. The molecule has 0 N–H and O–H groups in total. The van der Waals surface area contributed by atoms with Crippen LogP contribution in [0.25, 0.3) is 0 Å². The van der Waals surface area contributed by atoms with Crippen LogP contribution in [0.15, 0.2) is 18.2 Å². The van der Waals surface area contributed by atoms with Crippen LogP contribution in [-0.2, 0) is 22.3 Å². The Hall–Kier alpha value is -1.58. The molecule has 0 spiro atoms. The van der Waals surface area contributed by atoms with Crippen molar-refractivity contribution >= 4 is 16.9 Å². The van der Waals surface area contributed by atoms with E-state index in [1.165, 1.54) is 12.1 Å². The third-order valence-electron chi connectivity index (χ3n) is 3.14. The summed E-state index contributed by atoms with van der Waals surface area (Å²) in [5.74, 6) is 0.250. The summed E-state index contributed by atoms with van der Waals surface area (Å²) in [7, 11) is 0. The second-order valence-corrected chi connectivity index (χ2v) is 5.95. The number of nitriles is 1. The minimum absolute atomic E-state index is 0.0204. The fourth-order valence-electron chi connectivity index (χ4n) is 2.07. The van der Waals surface area contributed by atoms with Crippen molar-refractivity contribution < 1.29 is 9.48 Å². The molecular formula is C12H12N2O3S. The number of nitrogens with zero attached hydrogens (tertiary/aromatic N) is 2. The molecule has 1 unspecified atom stereocenters. The van der Waals surface area contributed by atoms with Gasteiger partial charge in [-0.1, -0.05) is 17.2 Å². The van der Waals surface area contributed by atoms with Crippen molar-refractivity contribution in [3.63, 3.8) is 0 Å². The number of hydrogen-bond acceptors (Lipinski definition) is 4. The first-order valence-electron chi connectivity index (χ1n) is 5.47. The fourth-order valence-corrected chi connectivity index (χ4v) is 2.74. The van der Waals surface area contributed by atoms with E-state index in [2.05, 4.69) is 6.07 Å². The molecule has 1 aliphatic rings. The normalized spacial score (nSPS) is 17.8. The molecule has 1 saturated carbocycles. The molecule has 0 aromatic heterocycles. The van der Waals surface area contributed by atoms with Crippen molar-refractivity contribution in [3.8, 4) is 6.07 Å². The minimum Gasteiger partial charge on any atom is -0.616 e. The van der Waals surface area contributed by atoms with E-state index in [0.29, 0.717) is 5.56 Å². The number of nitro groups is 1. The lowest BCUT2D eigenvalue weighted by Gasteiger charge is -2.13. The molecule has 0 saturated heterocycles. The number of non-ortho nitro benzene ring substituents is 1. The summed E-state index contributed by atoms with van der Waals surface area (Å²) < 4.78 is 11.3. The van der Waals surface area contributed by atoms with Crippen LogP contribution in [0.5, 0.6) is 0 Å². The Morgan fingerprint density at radius 3 is 2.67 bits per heavy atom. The highest BCUT2D eigenvalue weighted by Crippen LogP contribution is 2.49. The molecule has 1 fully saturated rings. The third kappa shape index (κ3) is 2.33. The van der Waals surface area contributed by atoms with Gasteiger partial charge < -0.3 is 4.55 Å². The van der Waals surface area contributed by atoms with Gasteiger partial charge in [0.2, 0.25) is 0 Å². The van der Waals surface area contributed by atoms with Crippen LogP contribution in [0, 0.1) is 21.4 Å². The largest absolute Gasteiger partial charge is 0.616 e. The average molecular weight is 264 g/mol. The minimum atomic E-state index is -1.09. The predicted octanol–water partition coefficient (Wildman–Crippen LogP) is 2.03. The van der Waals surface area contributed by atoms with Crippen molar-refractivity contribution in [2.45, 2.75) is 24.0 Å². The fraction of sp³-hybridized carbons (Fsp3) is 0.417. The van der Waals surface area contributed by atoms with Crippen molar-refractivity contribution in [2.75, 3.05) is 6.26 Å². The summed E-state index contributed by atoms with van der Waals surface area (Å²) in [5, 5.41) is 19.9. The average Bonchev–Trinajstić information content (AvgIpc) is 3.09. The van der Waals surface area contributed by atoms with E-state index in [1.807, 2.05) is 0 Å². The van der Waals surface area contributed by atoms with E-state index in [9.17, 15) is 19.9 Å². The van der Waals surface area contributed by atoms with Gasteiger partial charge in [-0.05, 0) is 18.4 Å². The zero-order valence-electron chi connectivity index (χ0n) is 9.88. The lowest BCUT2D eigenvalue weighted by molar-refractivity contribution is -0.384. The molecule has 0 bridgehead atoms. The zero-order chi connectivity index (χ0) is 13.3. The van der Waals surface area contributed by atoms with Crippen LogP contribution in [0.3, 0.4) is 0 Å². The zero-order valence-corrected chi connectivity index (χ0v) is 10.7. The number of benzene rings is 1. The first-order valence-corrected chi connectivity index (χ1v) is 7.20. The van der Waals surface area contributed by atoms with Gasteiger partial charge in [-0.3, -0.25) is 10.1 Å². The molecule has 0 aliphatic heterocycles. The summed E-state index contributed by atoms with van der Waals surface area (Å²) >= 11 is -1.09. The number of hydrogen-bond donors (Lipinski definition) is 0. The summed E-state index contributed by atoms with van der Waals surface area (Å²) in [4.78, 5) is 10.3. The Kier molecular flexibility index (Phi) is 3.28. The highest BCUT2D eigenvalue weighted by Gasteiger charge is 2.46. The van der Waals surface area contributed by atoms with Crippen LogP contribution in [-0.4, -0.2) is 15.7 Å². The molecule has 94 valence electrons. The van der Waals surface area contributed by atoms with Crippen molar-refractivity contribution in [1.82, 2.24) is 0 Å². The second-order valence-electron chi connectivity index (χ2n) is 4.51. The topological polar surface area (TPSA) is 90.0 Å². The standard InChI is InChI=1S/C12H12N2O3S/c1-18(17)7-9-6-10(14(15)16)2-3-11(9)12(8-13)4-5-12/h2-3,6H,4-5,7H2,1H3. The molecule has 1 aromatic rings. The van der Waals surface area contributed by atoms with Crippen molar-refractivity contribution in [1.29, 1.82) is 5.26 Å². The summed E-state index contributed by atoms with van der Waals surface area (Å²) in [6.45, 7) is 0. The van der Waals surface area contributed by atoms with Crippen molar-refractivity contribution in [3.05, 3.63) is 39.4 Å². The van der Waals surface area contributed by atoms with Crippen LogP contribution in [0.4, 0.5) is 5.69 Å². The molecule has 1 atom stereocenters. The predicted molar refractivity (Wildman–Crippen MR) is 67.4 cm³/mol. The lowest BCUT2D eigenvalue weighted by atomic mass is 9.93. The SMILES string of the molecule is C[S+]([O-])Cc1cc([N+](=O)[O-])ccc1C1(C#N)CC1. The van der Waals surface area contributed by atoms with Crippen LogP contribution in [0.2, 0.25) is 0 Å². The van der Waals surface area contributed by atoms with Gasteiger partial charge in [-0.25, -0.2) is 0 Å². The first-order chi connectivity index (χ1) is 8.48. The molecule has 0 radical (unpaired) electrons. The van der Waals surface area contributed by atoms with E-state index >= 15 is 0 Å². The first kappa shape index (κ1) is 12.9. The van der Waals surface area contributed by atoms with E-state index in [4.69, 9.17) is 0 Å². The summed E-state index contributed by atoms with van der Waals surface area (Å²) in [6.07, 6.45) is 3.09. The molecule has 0 heterocycles. The van der Waals surface area contributed by atoms with Gasteiger partial charge in [-0.15, -0.1) is 0 Å². The van der Waals surface area contributed by atoms with Gasteiger partial charge in [0, 0.05) is 17.7 Å². The van der Waals surface area contributed by atoms with E-state index in [-0.39, 0.29) is 11.4 Å². The molecule has 6 heteroatoms. The molecule has 0 amide bonds.